The molecule has 0 unspecified atom stereocenters. The zero-order valence-corrected chi connectivity index (χ0v) is 18.0. The van der Waals surface area contributed by atoms with Gasteiger partial charge in [0.2, 0.25) is 0 Å². The zero-order valence-electron chi connectivity index (χ0n) is 17.2. The largest absolute Gasteiger partial charge is 0.416 e. The molecule has 0 aliphatic carbocycles. The number of halogens is 6. The van der Waals surface area contributed by atoms with Crippen molar-refractivity contribution in [2.45, 2.75) is 12.4 Å². The molecule has 33 heavy (non-hydrogen) atoms. The molecular formula is C21H18F6N4OS. The molecule has 1 aliphatic heterocycles. The average Bonchev–Trinajstić information content (AvgIpc) is 3.16. The summed E-state index contributed by atoms with van der Waals surface area (Å²) >= 11 is 1.40. The van der Waals surface area contributed by atoms with Crippen molar-refractivity contribution in [3.05, 3.63) is 53.1 Å². The lowest BCUT2D eigenvalue weighted by atomic mass is 10.0. The van der Waals surface area contributed by atoms with Gasteiger partial charge in [-0.3, -0.25) is 4.79 Å². The van der Waals surface area contributed by atoms with Crippen LogP contribution in [0.25, 0.3) is 10.2 Å². The molecule has 5 nitrogen and oxygen atoms in total. The van der Waals surface area contributed by atoms with E-state index in [0.717, 1.165) is 36.0 Å². The number of nitrogens with one attached hydrogen (secondary N) is 1. The molecule has 1 aliphatic rings. The molecule has 2 aromatic carbocycles. The highest BCUT2D eigenvalue weighted by molar-refractivity contribution is 7.22. The second-order valence-electron chi connectivity index (χ2n) is 7.72. The second kappa shape index (κ2) is 8.49. The molecule has 0 bridgehead atoms. The van der Waals surface area contributed by atoms with E-state index in [1.165, 1.54) is 17.4 Å². The molecule has 3 aromatic rings. The Bertz CT molecular complexity index is 1150. The van der Waals surface area contributed by atoms with Gasteiger partial charge in [0, 0.05) is 37.4 Å². The highest BCUT2D eigenvalue weighted by Crippen LogP contribution is 2.37. The third kappa shape index (κ3) is 5.22. The van der Waals surface area contributed by atoms with E-state index in [0.29, 0.717) is 17.6 Å². The van der Waals surface area contributed by atoms with Crippen LogP contribution in [0.1, 0.15) is 21.5 Å². The number of thiazole rings is 1. The number of amides is 1. The van der Waals surface area contributed by atoms with Crippen LogP contribution in [0.2, 0.25) is 0 Å². The molecule has 0 atom stereocenters. The molecule has 2 heterocycles. The van der Waals surface area contributed by atoms with E-state index in [-0.39, 0.29) is 11.8 Å². The van der Waals surface area contributed by atoms with Crippen LogP contribution < -0.4 is 10.2 Å². The Balaban J connectivity index is 1.58. The normalized spacial score (nSPS) is 15.8. The SMILES string of the molecule is CN1CCN(c2nc3ccc(NC(=O)c4cc(C(F)(F)F)cc(C(F)(F)F)c4)cc3s2)CC1. The standard InChI is InChI=1S/C21H18F6N4OS/c1-30-4-6-31(7-5-30)19-29-16-3-2-15(11-17(16)33-19)28-18(32)12-8-13(20(22,23)24)10-14(9-12)21(25,26)27/h2-3,8-11H,4-7H2,1H3,(H,28,32). The average molecular weight is 488 g/mol. The van der Waals surface area contributed by atoms with Gasteiger partial charge in [0.15, 0.2) is 5.13 Å². The first-order chi connectivity index (χ1) is 15.4. The molecule has 0 saturated carbocycles. The summed E-state index contributed by atoms with van der Waals surface area (Å²) in [5.74, 6) is -1.07. The number of hydrogen-bond acceptors (Lipinski definition) is 5. The van der Waals surface area contributed by atoms with Gasteiger partial charge < -0.3 is 15.1 Å². The zero-order chi connectivity index (χ0) is 24.0. The van der Waals surface area contributed by atoms with E-state index in [1.54, 1.807) is 12.1 Å². The number of nitrogens with zero attached hydrogens (tertiary/aromatic N) is 3. The van der Waals surface area contributed by atoms with Gasteiger partial charge >= 0.3 is 12.4 Å². The van der Waals surface area contributed by atoms with E-state index < -0.39 is 35.0 Å². The van der Waals surface area contributed by atoms with E-state index in [4.69, 9.17) is 0 Å². The fourth-order valence-electron chi connectivity index (χ4n) is 3.41. The maximum absolute atomic E-state index is 13.1. The van der Waals surface area contributed by atoms with Gasteiger partial charge in [-0.05, 0) is 43.4 Å². The molecule has 1 aromatic heterocycles. The smallest absolute Gasteiger partial charge is 0.345 e. The summed E-state index contributed by atoms with van der Waals surface area (Å²) in [6.45, 7) is 3.43. The topological polar surface area (TPSA) is 48.5 Å². The third-order valence-corrected chi connectivity index (χ3v) is 6.34. The molecule has 1 amide bonds. The van der Waals surface area contributed by atoms with Crippen molar-refractivity contribution in [3.8, 4) is 0 Å². The Labute approximate surface area is 188 Å². The molecule has 4 rings (SSSR count). The maximum atomic E-state index is 13.1. The molecular weight excluding hydrogens is 470 g/mol. The van der Waals surface area contributed by atoms with E-state index in [2.05, 4.69) is 20.1 Å². The van der Waals surface area contributed by atoms with Crippen molar-refractivity contribution in [2.24, 2.45) is 0 Å². The molecule has 1 N–H and O–H groups in total. The van der Waals surface area contributed by atoms with Crippen LogP contribution in [0.3, 0.4) is 0 Å². The van der Waals surface area contributed by atoms with Crippen molar-refractivity contribution < 1.29 is 31.1 Å². The van der Waals surface area contributed by atoms with Crippen LogP contribution in [-0.2, 0) is 12.4 Å². The number of benzene rings is 2. The highest BCUT2D eigenvalue weighted by atomic mass is 32.1. The van der Waals surface area contributed by atoms with Crippen molar-refractivity contribution >= 4 is 38.3 Å². The van der Waals surface area contributed by atoms with Crippen molar-refractivity contribution in [3.63, 3.8) is 0 Å². The van der Waals surface area contributed by atoms with Crippen LogP contribution in [0, 0.1) is 0 Å². The maximum Gasteiger partial charge on any atom is 0.416 e. The van der Waals surface area contributed by atoms with Crippen LogP contribution >= 0.6 is 11.3 Å². The summed E-state index contributed by atoms with van der Waals surface area (Å²) < 4.78 is 79.1. The van der Waals surface area contributed by atoms with Gasteiger partial charge in [-0.1, -0.05) is 11.3 Å². The van der Waals surface area contributed by atoms with Gasteiger partial charge in [0.25, 0.3) is 5.91 Å². The number of alkyl halides is 6. The Morgan fingerprint density at radius 1 is 0.939 bits per heavy atom. The number of rotatable bonds is 3. The quantitative estimate of drug-likeness (QED) is 0.506. The summed E-state index contributed by atoms with van der Waals surface area (Å²) in [6, 6.07) is 5.55. The number of anilines is 2. The molecule has 0 radical (unpaired) electrons. The van der Waals surface area contributed by atoms with Gasteiger partial charge in [-0.15, -0.1) is 0 Å². The Morgan fingerprint density at radius 3 is 2.12 bits per heavy atom. The third-order valence-electron chi connectivity index (χ3n) is 5.26. The molecule has 1 fully saturated rings. The number of carbonyl (C=O) groups is 1. The predicted octanol–water partition coefficient (Wildman–Crippen LogP) is 5.34. The van der Waals surface area contributed by atoms with Gasteiger partial charge in [0.1, 0.15) is 0 Å². The van der Waals surface area contributed by atoms with Crippen LogP contribution in [0.4, 0.5) is 37.2 Å². The van der Waals surface area contributed by atoms with Crippen molar-refractivity contribution in [2.75, 3.05) is 43.4 Å². The van der Waals surface area contributed by atoms with Gasteiger partial charge in [-0.2, -0.15) is 26.3 Å². The Morgan fingerprint density at radius 2 is 1.55 bits per heavy atom. The minimum absolute atomic E-state index is 0.0139. The Kier molecular flexibility index (Phi) is 5.99. The summed E-state index contributed by atoms with van der Waals surface area (Å²) in [7, 11) is 2.03. The fourth-order valence-corrected chi connectivity index (χ4v) is 4.47. The van der Waals surface area contributed by atoms with Gasteiger partial charge in [0.05, 0.1) is 21.3 Å². The van der Waals surface area contributed by atoms with Crippen LogP contribution in [0.15, 0.2) is 36.4 Å². The lowest BCUT2D eigenvalue weighted by Gasteiger charge is -2.31. The summed E-state index contributed by atoms with van der Waals surface area (Å²) in [5.41, 5.74) is -2.90. The first-order valence-corrected chi connectivity index (χ1v) is 10.7. The van der Waals surface area contributed by atoms with E-state index >= 15 is 0 Å². The Hall–Kier alpha value is -2.86. The number of aromatic nitrogens is 1. The number of likely N-dealkylation sites (N-methyl/N-ethyl adjacent to an activating group) is 1. The lowest BCUT2D eigenvalue weighted by molar-refractivity contribution is -0.143. The fraction of sp³-hybridized carbons (Fsp3) is 0.333. The van der Waals surface area contributed by atoms with Crippen molar-refractivity contribution in [1.82, 2.24) is 9.88 Å². The summed E-state index contributed by atoms with van der Waals surface area (Å²) in [6.07, 6.45) is -10.1. The number of fused-ring (bicyclic) bond motifs is 1. The minimum Gasteiger partial charge on any atom is -0.345 e. The first-order valence-electron chi connectivity index (χ1n) is 9.85. The van der Waals surface area contributed by atoms with Crippen molar-refractivity contribution in [1.29, 1.82) is 0 Å². The summed E-state index contributed by atoms with van der Waals surface area (Å²) in [4.78, 5) is 21.4. The lowest BCUT2D eigenvalue weighted by Crippen LogP contribution is -2.44. The molecule has 0 spiro atoms. The van der Waals surface area contributed by atoms with E-state index in [1.807, 2.05) is 7.05 Å². The van der Waals surface area contributed by atoms with Crippen LogP contribution in [-0.4, -0.2) is 49.0 Å². The molecule has 176 valence electrons. The number of carbonyl (C=O) groups excluding carboxylic acids is 1. The first kappa shape index (κ1) is 23.3. The second-order valence-corrected chi connectivity index (χ2v) is 8.73. The number of piperazine rings is 1. The van der Waals surface area contributed by atoms with E-state index in [9.17, 15) is 31.1 Å². The minimum atomic E-state index is -5.03. The number of hydrogen-bond donors (Lipinski definition) is 1. The predicted molar refractivity (Wildman–Crippen MR) is 114 cm³/mol. The summed E-state index contributed by atoms with van der Waals surface area (Å²) in [5, 5.41) is 3.20. The monoisotopic (exact) mass is 488 g/mol. The molecule has 1 saturated heterocycles. The highest BCUT2D eigenvalue weighted by Gasteiger charge is 2.37. The van der Waals surface area contributed by atoms with Crippen LogP contribution in [0.5, 0.6) is 0 Å². The van der Waals surface area contributed by atoms with Gasteiger partial charge in [-0.25, -0.2) is 4.98 Å². The molecule has 12 heteroatoms.